The zero-order valence-corrected chi connectivity index (χ0v) is 17.3. The van der Waals surface area contributed by atoms with Gasteiger partial charge < -0.3 is 15.1 Å². The van der Waals surface area contributed by atoms with E-state index in [2.05, 4.69) is 5.32 Å². The van der Waals surface area contributed by atoms with E-state index < -0.39 is 0 Å². The lowest BCUT2D eigenvalue weighted by atomic mass is 9.87. The summed E-state index contributed by atoms with van der Waals surface area (Å²) in [5.74, 6) is 0.826. The Morgan fingerprint density at radius 1 is 0.714 bits per heavy atom. The molecule has 3 rings (SSSR count). The number of likely N-dealkylation sites (tertiary alicyclic amines) is 2. The summed E-state index contributed by atoms with van der Waals surface area (Å²) >= 11 is 0. The molecule has 1 aliphatic carbocycles. The van der Waals surface area contributed by atoms with Gasteiger partial charge >= 0.3 is 0 Å². The Kier molecular flexibility index (Phi) is 8.16. The maximum Gasteiger partial charge on any atom is 0.241 e. The lowest BCUT2D eigenvalue weighted by Crippen LogP contribution is -2.47. The summed E-state index contributed by atoms with van der Waals surface area (Å²) in [6.45, 7) is 3.13. The van der Waals surface area contributed by atoms with Crippen molar-refractivity contribution >= 4 is 17.7 Å². The van der Waals surface area contributed by atoms with E-state index in [1.165, 1.54) is 32.1 Å². The average molecular weight is 392 g/mol. The standard InChI is InChI=1S/C22H37N3O3/c26-20(16-18-8-4-3-5-9-18)23-17-21(27)24-14-10-19(11-15-24)22(28)25-12-6-1-2-7-13-25/h18-19H,1-17H2,(H,23,26). The number of nitrogens with one attached hydrogen (secondary N) is 1. The predicted molar refractivity (Wildman–Crippen MR) is 109 cm³/mol. The quantitative estimate of drug-likeness (QED) is 0.783. The molecule has 28 heavy (non-hydrogen) atoms. The van der Waals surface area contributed by atoms with E-state index in [1.54, 1.807) is 0 Å². The van der Waals surface area contributed by atoms with Crippen LogP contribution in [0.5, 0.6) is 0 Å². The highest BCUT2D eigenvalue weighted by Gasteiger charge is 2.30. The molecule has 1 saturated carbocycles. The van der Waals surface area contributed by atoms with Crippen LogP contribution in [0.2, 0.25) is 0 Å². The molecule has 0 unspecified atom stereocenters. The van der Waals surface area contributed by atoms with Crippen molar-refractivity contribution in [1.29, 1.82) is 0 Å². The summed E-state index contributed by atoms with van der Waals surface area (Å²) in [5, 5.41) is 2.81. The highest BCUT2D eigenvalue weighted by Crippen LogP contribution is 2.26. The van der Waals surface area contributed by atoms with Gasteiger partial charge in [0.15, 0.2) is 0 Å². The molecule has 0 bridgehead atoms. The van der Waals surface area contributed by atoms with Gasteiger partial charge in [-0.3, -0.25) is 14.4 Å². The SMILES string of the molecule is O=C(CC1CCCCC1)NCC(=O)N1CCC(C(=O)N2CCCCCC2)CC1. The van der Waals surface area contributed by atoms with Crippen LogP contribution < -0.4 is 5.32 Å². The van der Waals surface area contributed by atoms with Crippen LogP contribution in [0, 0.1) is 11.8 Å². The van der Waals surface area contributed by atoms with Gasteiger partial charge in [0.05, 0.1) is 6.54 Å². The fourth-order valence-electron chi connectivity index (χ4n) is 4.94. The summed E-state index contributed by atoms with van der Waals surface area (Å²) in [6.07, 6.45) is 12.7. The minimum absolute atomic E-state index is 0.00600. The lowest BCUT2D eigenvalue weighted by molar-refractivity contribution is -0.140. The van der Waals surface area contributed by atoms with E-state index in [4.69, 9.17) is 0 Å². The molecule has 6 heteroatoms. The zero-order valence-electron chi connectivity index (χ0n) is 17.3. The molecular weight excluding hydrogens is 354 g/mol. The molecule has 0 aromatic heterocycles. The van der Waals surface area contributed by atoms with Gasteiger partial charge in [0, 0.05) is 38.5 Å². The van der Waals surface area contributed by atoms with Gasteiger partial charge in [-0.2, -0.15) is 0 Å². The molecule has 158 valence electrons. The second kappa shape index (κ2) is 10.8. The Morgan fingerprint density at radius 3 is 1.96 bits per heavy atom. The van der Waals surface area contributed by atoms with Gasteiger partial charge in [-0.25, -0.2) is 0 Å². The van der Waals surface area contributed by atoms with Crippen LogP contribution in [0.15, 0.2) is 0 Å². The van der Waals surface area contributed by atoms with Gasteiger partial charge in [0.25, 0.3) is 0 Å². The maximum atomic E-state index is 12.8. The van der Waals surface area contributed by atoms with E-state index in [0.29, 0.717) is 25.4 Å². The number of hydrogen-bond donors (Lipinski definition) is 1. The number of carbonyl (C=O) groups is 3. The first-order valence-electron chi connectivity index (χ1n) is 11.5. The first kappa shape index (κ1) is 21.1. The summed E-state index contributed by atoms with van der Waals surface area (Å²) < 4.78 is 0. The Labute approximate surface area is 169 Å². The maximum absolute atomic E-state index is 12.8. The normalized spacial score (nSPS) is 22.6. The van der Waals surface area contributed by atoms with E-state index in [-0.39, 0.29) is 30.2 Å². The van der Waals surface area contributed by atoms with Crippen LogP contribution in [0.1, 0.15) is 77.0 Å². The largest absolute Gasteiger partial charge is 0.347 e. The molecule has 3 fully saturated rings. The Morgan fingerprint density at radius 2 is 1.32 bits per heavy atom. The third-order valence-corrected chi connectivity index (χ3v) is 6.75. The van der Waals surface area contributed by atoms with Gasteiger partial charge in [-0.15, -0.1) is 0 Å². The molecule has 3 aliphatic rings. The summed E-state index contributed by atoms with van der Waals surface area (Å²) in [6, 6.07) is 0. The molecule has 6 nitrogen and oxygen atoms in total. The third kappa shape index (κ3) is 6.21. The van der Waals surface area contributed by atoms with Gasteiger partial charge in [0.2, 0.25) is 17.7 Å². The minimum atomic E-state index is -0.0161. The van der Waals surface area contributed by atoms with E-state index in [0.717, 1.165) is 51.6 Å². The predicted octanol–water partition coefficient (Wildman–Crippen LogP) is 2.71. The molecule has 0 atom stereocenters. The van der Waals surface area contributed by atoms with Crippen molar-refractivity contribution in [2.45, 2.75) is 77.0 Å². The molecular formula is C22H37N3O3. The van der Waals surface area contributed by atoms with E-state index in [1.807, 2.05) is 9.80 Å². The van der Waals surface area contributed by atoms with E-state index in [9.17, 15) is 14.4 Å². The first-order chi connectivity index (χ1) is 13.6. The van der Waals surface area contributed by atoms with E-state index >= 15 is 0 Å². The molecule has 2 heterocycles. The second-order valence-electron chi connectivity index (χ2n) is 8.88. The molecule has 2 saturated heterocycles. The molecule has 3 amide bonds. The summed E-state index contributed by atoms with van der Waals surface area (Å²) in [4.78, 5) is 41.2. The highest BCUT2D eigenvalue weighted by molar-refractivity contribution is 5.85. The smallest absolute Gasteiger partial charge is 0.241 e. The number of carbonyl (C=O) groups excluding carboxylic acids is 3. The van der Waals surface area contributed by atoms with Crippen molar-refractivity contribution in [3.05, 3.63) is 0 Å². The Balaban J connectivity index is 1.35. The van der Waals surface area contributed by atoms with Crippen LogP contribution in [0.25, 0.3) is 0 Å². The molecule has 0 radical (unpaired) electrons. The van der Waals surface area contributed by atoms with Crippen molar-refractivity contribution in [3.8, 4) is 0 Å². The number of nitrogens with zero attached hydrogens (tertiary/aromatic N) is 2. The number of rotatable bonds is 5. The first-order valence-corrected chi connectivity index (χ1v) is 11.5. The molecule has 2 aliphatic heterocycles. The number of piperidine rings is 1. The lowest BCUT2D eigenvalue weighted by Gasteiger charge is -2.34. The van der Waals surface area contributed by atoms with Crippen molar-refractivity contribution in [2.24, 2.45) is 11.8 Å². The highest BCUT2D eigenvalue weighted by atomic mass is 16.2. The van der Waals surface area contributed by atoms with Crippen molar-refractivity contribution in [2.75, 3.05) is 32.7 Å². The number of hydrogen-bond acceptors (Lipinski definition) is 3. The van der Waals surface area contributed by atoms with Crippen LogP contribution >= 0.6 is 0 Å². The third-order valence-electron chi connectivity index (χ3n) is 6.75. The van der Waals surface area contributed by atoms with Crippen LogP contribution in [-0.4, -0.2) is 60.2 Å². The van der Waals surface area contributed by atoms with Gasteiger partial charge in [0.1, 0.15) is 0 Å². The Bertz CT molecular complexity index is 529. The Hall–Kier alpha value is -1.59. The molecule has 0 aromatic carbocycles. The molecule has 1 N–H and O–H groups in total. The molecule has 0 spiro atoms. The van der Waals surface area contributed by atoms with Crippen molar-refractivity contribution < 1.29 is 14.4 Å². The summed E-state index contributed by atoms with van der Waals surface area (Å²) in [5.41, 5.74) is 0. The second-order valence-corrected chi connectivity index (χ2v) is 8.88. The van der Waals surface area contributed by atoms with Crippen molar-refractivity contribution in [1.82, 2.24) is 15.1 Å². The fourth-order valence-corrected chi connectivity index (χ4v) is 4.94. The van der Waals surface area contributed by atoms with Gasteiger partial charge in [-0.1, -0.05) is 32.1 Å². The summed E-state index contributed by atoms with van der Waals surface area (Å²) in [7, 11) is 0. The zero-order chi connectivity index (χ0) is 19.8. The van der Waals surface area contributed by atoms with Gasteiger partial charge in [-0.05, 0) is 44.4 Å². The van der Waals surface area contributed by atoms with Crippen LogP contribution in [-0.2, 0) is 14.4 Å². The monoisotopic (exact) mass is 391 g/mol. The minimum Gasteiger partial charge on any atom is -0.347 e. The average Bonchev–Trinajstić information content (AvgIpc) is 3.02. The van der Waals surface area contributed by atoms with Crippen LogP contribution in [0.4, 0.5) is 0 Å². The number of amides is 3. The van der Waals surface area contributed by atoms with Crippen molar-refractivity contribution in [3.63, 3.8) is 0 Å². The topological polar surface area (TPSA) is 69.7 Å². The fraction of sp³-hybridized carbons (Fsp3) is 0.864. The molecule has 0 aromatic rings. The van der Waals surface area contributed by atoms with Crippen LogP contribution in [0.3, 0.4) is 0 Å².